The predicted octanol–water partition coefficient (Wildman–Crippen LogP) is 1.51. The van der Waals surface area contributed by atoms with Crippen LogP contribution in [0.5, 0.6) is 0 Å². The Kier molecular flexibility index (Phi) is 3.26. The molecule has 1 aromatic heterocycles. The number of aromatic nitrogens is 2. The molecule has 92 valence electrons. The highest BCUT2D eigenvalue weighted by Gasteiger charge is 2.28. The highest BCUT2D eigenvalue weighted by atomic mass is 16.4. The fraction of sp³-hybridized carbons (Fsp3) is 0.583. The first kappa shape index (κ1) is 11.8. The van der Waals surface area contributed by atoms with E-state index in [0.717, 1.165) is 18.1 Å². The van der Waals surface area contributed by atoms with E-state index >= 15 is 0 Å². The zero-order valence-corrected chi connectivity index (χ0v) is 10.1. The van der Waals surface area contributed by atoms with Crippen LogP contribution >= 0.6 is 0 Å². The van der Waals surface area contributed by atoms with E-state index in [2.05, 4.69) is 24.0 Å². The van der Waals surface area contributed by atoms with Crippen LogP contribution in [0.4, 0.5) is 5.82 Å². The van der Waals surface area contributed by atoms with Gasteiger partial charge in [0.1, 0.15) is 0 Å². The van der Waals surface area contributed by atoms with E-state index in [1.165, 1.54) is 0 Å². The minimum Gasteiger partial charge on any atom is -0.481 e. The van der Waals surface area contributed by atoms with Gasteiger partial charge in [-0.3, -0.25) is 4.79 Å². The van der Waals surface area contributed by atoms with Gasteiger partial charge in [0.2, 0.25) is 0 Å². The Balaban J connectivity index is 2.06. The summed E-state index contributed by atoms with van der Waals surface area (Å²) in [6.45, 7) is 5.41. The van der Waals surface area contributed by atoms with Crippen molar-refractivity contribution in [3.05, 3.63) is 17.8 Å². The van der Waals surface area contributed by atoms with E-state index in [-0.39, 0.29) is 5.92 Å². The maximum absolute atomic E-state index is 10.9. The van der Waals surface area contributed by atoms with Crippen LogP contribution in [0.2, 0.25) is 0 Å². The predicted molar refractivity (Wildman–Crippen MR) is 64.1 cm³/mol. The van der Waals surface area contributed by atoms with Crippen molar-refractivity contribution in [3.8, 4) is 0 Å². The molecule has 1 atom stereocenters. The first-order chi connectivity index (χ1) is 8.08. The number of carboxylic acid groups (broad SMARTS) is 1. The molecule has 0 aliphatic carbocycles. The molecule has 5 heteroatoms. The molecule has 0 spiro atoms. The van der Waals surface area contributed by atoms with Crippen molar-refractivity contribution in [2.24, 2.45) is 5.92 Å². The molecule has 1 saturated heterocycles. The number of hydrogen-bond donors (Lipinski definition) is 1. The third-order valence-corrected chi connectivity index (χ3v) is 3.12. The maximum Gasteiger partial charge on any atom is 0.308 e. The van der Waals surface area contributed by atoms with Gasteiger partial charge in [0.15, 0.2) is 5.82 Å². The summed E-state index contributed by atoms with van der Waals surface area (Å²) in [5.41, 5.74) is 0.961. The molecule has 0 amide bonds. The number of hydrogen-bond acceptors (Lipinski definition) is 4. The monoisotopic (exact) mass is 235 g/mol. The molecule has 0 saturated carbocycles. The number of carbonyl (C=O) groups is 1. The second kappa shape index (κ2) is 4.69. The van der Waals surface area contributed by atoms with E-state index in [1.807, 2.05) is 17.0 Å². The number of rotatable bonds is 3. The quantitative estimate of drug-likeness (QED) is 0.860. The Morgan fingerprint density at radius 3 is 2.71 bits per heavy atom. The van der Waals surface area contributed by atoms with Crippen molar-refractivity contribution < 1.29 is 9.90 Å². The topological polar surface area (TPSA) is 66.3 Å². The van der Waals surface area contributed by atoms with Gasteiger partial charge in [-0.2, -0.15) is 5.10 Å². The van der Waals surface area contributed by atoms with Crippen LogP contribution in [0.15, 0.2) is 12.1 Å². The molecule has 5 nitrogen and oxygen atoms in total. The third-order valence-electron chi connectivity index (χ3n) is 3.12. The lowest BCUT2D eigenvalue weighted by Crippen LogP contribution is -2.23. The van der Waals surface area contributed by atoms with E-state index in [4.69, 9.17) is 5.11 Å². The maximum atomic E-state index is 10.9. The van der Waals surface area contributed by atoms with Gasteiger partial charge in [-0.05, 0) is 24.5 Å². The lowest BCUT2D eigenvalue weighted by molar-refractivity contribution is -0.140. The first-order valence-corrected chi connectivity index (χ1v) is 5.89. The van der Waals surface area contributed by atoms with Crippen molar-refractivity contribution in [1.29, 1.82) is 0 Å². The summed E-state index contributed by atoms with van der Waals surface area (Å²) < 4.78 is 0. The molecule has 17 heavy (non-hydrogen) atoms. The van der Waals surface area contributed by atoms with Crippen molar-refractivity contribution in [2.75, 3.05) is 18.0 Å². The normalized spacial score (nSPS) is 19.9. The van der Waals surface area contributed by atoms with Gasteiger partial charge < -0.3 is 10.0 Å². The van der Waals surface area contributed by atoms with Crippen molar-refractivity contribution in [1.82, 2.24) is 10.2 Å². The highest BCUT2D eigenvalue weighted by molar-refractivity contribution is 5.71. The molecule has 0 aromatic carbocycles. The summed E-state index contributed by atoms with van der Waals surface area (Å²) in [4.78, 5) is 12.8. The summed E-state index contributed by atoms with van der Waals surface area (Å²) in [6.07, 6.45) is 0.683. The van der Waals surface area contributed by atoms with E-state index < -0.39 is 5.97 Å². The first-order valence-electron chi connectivity index (χ1n) is 5.89. The van der Waals surface area contributed by atoms with Crippen LogP contribution in [0.3, 0.4) is 0 Å². The van der Waals surface area contributed by atoms with E-state index in [1.54, 1.807) is 0 Å². The summed E-state index contributed by atoms with van der Waals surface area (Å²) in [5.74, 6) is 0.140. The zero-order chi connectivity index (χ0) is 12.4. The zero-order valence-electron chi connectivity index (χ0n) is 10.1. The van der Waals surface area contributed by atoms with Gasteiger partial charge in [-0.15, -0.1) is 5.10 Å². The molecule has 0 radical (unpaired) electrons. The standard InChI is InChI=1S/C12H17N3O2/c1-8(2)10-3-4-11(14-13-10)15-6-5-9(7-15)12(16)17/h3-4,8-9H,5-7H2,1-2H3,(H,16,17). The number of aliphatic carboxylic acids is 1. The number of carboxylic acids is 1. The molecule has 1 fully saturated rings. The van der Waals surface area contributed by atoms with E-state index in [0.29, 0.717) is 18.9 Å². The molecule has 2 rings (SSSR count). The number of nitrogens with zero attached hydrogens (tertiary/aromatic N) is 3. The van der Waals surface area contributed by atoms with Crippen LogP contribution in [-0.4, -0.2) is 34.4 Å². The Morgan fingerprint density at radius 2 is 2.24 bits per heavy atom. The van der Waals surface area contributed by atoms with Crippen LogP contribution in [0, 0.1) is 5.92 Å². The second-order valence-electron chi connectivity index (χ2n) is 4.74. The molecule has 1 aliphatic rings. The van der Waals surface area contributed by atoms with Gasteiger partial charge in [0.05, 0.1) is 11.6 Å². The smallest absolute Gasteiger partial charge is 0.308 e. The largest absolute Gasteiger partial charge is 0.481 e. The van der Waals surface area contributed by atoms with Crippen LogP contribution in [-0.2, 0) is 4.79 Å². The molecule has 1 unspecified atom stereocenters. The summed E-state index contributed by atoms with van der Waals surface area (Å²) in [5, 5.41) is 17.2. The average molecular weight is 235 g/mol. The lowest BCUT2D eigenvalue weighted by Gasteiger charge is -2.16. The van der Waals surface area contributed by atoms with Crippen molar-refractivity contribution in [3.63, 3.8) is 0 Å². The molecule has 0 bridgehead atoms. The van der Waals surface area contributed by atoms with Gasteiger partial charge in [-0.1, -0.05) is 13.8 Å². The van der Waals surface area contributed by atoms with Crippen LogP contribution in [0.25, 0.3) is 0 Å². The fourth-order valence-electron chi connectivity index (χ4n) is 1.98. The SMILES string of the molecule is CC(C)c1ccc(N2CCC(C(=O)O)C2)nn1. The van der Waals surface area contributed by atoms with Crippen molar-refractivity contribution >= 4 is 11.8 Å². The Morgan fingerprint density at radius 1 is 1.47 bits per heavy atom. The van der Waals surface area contributed by atoms with Gasteiger partial charge in [0.25, 0.3) is 0 Å². The second-order valence-corrected chi connectivity index (χ2v) is 4.74. The molecular weight excluding hydrogens is 218 g/mol. The Hall–Kier alpha value is -1.65. The Labute approximate surface area is 100 Å². The highest BCUT2D eigenvalue weighted by Crippen LogP contribution is 2.22. The summed E-state index contributed by atoms with van der Waals surface area (Å²) in [6, 6.07) is 3.88. The Bertz CT molecular complexity index is 403. The molecule has 1 N–H and O–H groups in total. The summed E-state index contributed by atoms with van der Waals surface area (Å²) >= 11 is 0. The van der Waals surface area contributed by atoms with E-state index in [9.17, 15) is 4.79 Å². The fourth-order valence-corrected chi connectivity index (χ4v) is 1.98. The minimum atomic E-state index is -0.723. The lowest BCUT2D eigenvalue weighted by atomic mass is 10.1. The molecule has 2 heterocycles. The van der Waals surface area contributed by atoms with Crippen LogP contribution < -0.4 is 4.90 Å². The van der Waals surface area contributed by atoms with Crippen LogP contribution in [0.1, 0.15) is 31.9 Å². The molecule has 1 aliphatic heterocycles. The van der Waals surface area contributed by atoms with Gasteiger partial charge in [-0.25, -0.2) is 0 Å². The number of anilines is 1. The van der Waals surface area contributed by atoms with Gasteiger partial charge >= 0.3 is 5.97 Å². The average Bonchev–Trinajstić information content (AvgIpc) is 2.78. The van der Waals surface area contributed by atoms with Crippen molar-refractivity contribution in [2.45, 2.75) is 26.2 Å². The summed E-state index contributed by atoms with van der Waals surface area (Å²) in [7, 11) is 0. The minimum absolute atomic E-state index is 0.276. The molecular formula is C12H17N3O2. The molecule has 1 aromatic rings. The third kappa shape index (κ3) is 2.54. The van der Waals surface area contributed by atoms with Gasteiger partial charge in [0, 0.05) is 13.1 Å².